The van der Waals surface area contributed by atoms with Crippen LogP contribution in [0.1, 0.15) is 45.1 Å². The van der Waals surface area contributed by atoms with Crippen molar-refractivity contribution in [2.75, 3.05) is 13.6 Å². The number of nitrogens with zero attached hydrogens (tertiary/aromatic N) is 1. The fourth-order valence-corrected chi connectivity index (χ4v) is 2.93. The number of hydrogen-bond donors (Lipinski definition) is 1. The second-order valence-corrected chi connectivity index (χ2v) is 6.42. The van der Waals surface area contributed by atoms with Crippen LogP contribution in [0.2, 0.25) is 0 Å². The third-order valence-electron chi connectivity index (χ3n) is 4.65. The minimum atomic E-state index is -0.990. The molecule has 0 unspecified atom stereocenters. The molecule has 0 amide bonds. The molecule has 0 saturated heterocycles. The highest BCUT2D eigenvalue weighted by Crippen LogP contribution is 2.40. The first-order valence-corrected chi connectivity index (χ1v) is 8.02. The summed E-state index contributed by atoms with van der Waals surface area (Å²) in [7, 11) is 2.07. The molecule has 1 saturated carbocycles. The van der Waals surface area contributed by atoms with Gasteiger partial charge in [-0.3, -0.25) is 4.90 Å². The zero-order valence-electron chi connectivity index (χ0n) is 13.5. The molecule has 1 aliphatic carbocycles. The monoisotopic (exact) mass is 285 g/mol. The third-order valence-corrected chi connectivity index (χ3v) is 4.65. The summed E-state index contributed by atoms with van der Waals surface area (Å²) in [4.78, 5) is 2.19. The summed E-state index contributed by atoms with van der Waals surface area (Å²) in [6.07, 6.45) is 4.54. The number of benzene rings is 1. The summed E-state index contributed by atoms with van der Waals surface area (Å²) in [6, 6.07) is 10.4. The normalized spacial score (nSPS) is 18.6. The van der Waals surface area contributed by atoms with Gasteiger partial charge in [-0.05, 0) is 39.3 Å². The fraction of sp³-hybridized carbons (Fsp3) is 0.579. The van der Waals surface area contributed by atoms with E-state index < -0.39 is 5.60 Å². The lowest BCUT2D eigenvalue weighted by Crippen LogP contribution is -2.33. The van der Waals surface area contributed by atoms with Gasteiger partial charge in [0.25, 0.3) is 0 Å². The van der Waals surface area contributed by atoms with Crippen molar-refractivity contribution in [1.29, 1.82) is 0 Å². The summed E-state index contributed by atoms with van der Waals surface area (Å²) < 4.78 is 0. The average molecular weight is 285 g/mol. The Kier molecular flexibility index (Phi) is 5.45. The minimum absolute atomic E-state index is 0.261. The van der Waals surface area contributed by atoms with E-state index in [1.54, 1.807) is 0 Å². The first-order chi connectivity index (χ1) is 10.0. The molecule has 1 aliphatic rings. The molecule has 1 aromatic rings. The van der Waals surface area contributed by atoms with E-state index in [1.165, 1.54) is 12.8 Å². The first kappa shape index (κ1) is 16.1. The minimum Gasteiger partial charge on any atom is -0.373 e. The zero-order chi connectivity index (χ0) is 15.3. The smallest absolute Gasteiger partial charge is 0.153 e. The van der Waals surface area contributed by atoms with Crippen LogP contribution in [0, 0.1) is 17.8 Å². The van der Waals surface area contributed by atoms with Crippen LogP contribution < -0.4 is 0 Å². The molecule has 1 atom stereocenters. The predicted molar refractivity (Wildman–Crippen MR) is 87.8 cm³/mol. The topological polar surface area (TPSA) is 23.5 Å². The van der Waals surface area contributed by atoms with E-state index in [2.05, 4.69) is 37.6 Å². The second kappa shape index (κ2) is 7.11. The summed E-state index contributed by atoms with van der Waals surface area (Å²) in [5.74, 6) is 6.67. The summed E-state index contributed by atoms with van der Waals surface area (Å²) in [5.41, 5.74) is -0.0492. The van der Waals surface area contributed by atoms with E-state index in [1.807, 2.05) is 30.3 Å². The number of hydrogen-bond acceptors (Lipinski definition) is 2. The van der Waals surface area contributed by atoms with Gasteiger partial charge in [0.2, 0.25) is 0 Å². The molecular weight excluding hydrogens is 258 g/mol. The van der Waals surface area contributed by atoms with Gasteiger partial charge in [0.1, 0.15) is 0 Å². The van der Waals surface area contributed by atoms with E-state index in [9.17, 15) is 5.11 Å². The SMILES string of the molecule is CC(C)N(C)CC#C[C@@](O)(c1ccccc1)C1CCCC1. The highest BCUT2D eigenvalue weighted by atomic mass is 16.3. The molecule has 0 radical (unpaired) electrons. The van der Waals surface area contributed by atoms with Gasteiger partial charge < -0.3 is 5.11 Å². The summed E-state index contributed by atoms with van der Waals surface area (Å²) in [6.45, 7) is 5.00. The van der Waals surface area contributed by atoms with Crippen LogP contribution in [0.3, 0.4) is 0 Å². The molecule has 0 aliphatic heterocycles. The van der Waals surface area contributed by atoms with Gasteiger partial charge in [0.05, 0.1) is 6.54 Å². The maximum Gasteiger partial charge on any atom is 0.153 e. The second-order valence-electron chi connectivity index (χ2n) is 6.42. The first-order valence-electron chi connectivity index (χ1n) is 8.02. The molecule has 0 bridgehead atoms. The quantitative estimate of drug-likeness (QED) is 0.857. The van der Waals surface area contributed by atoms with E-state index in [0.717, 1.165) is 18.4 Å². The van der Waals surface area contributed by atoms with Crippen molar-refractivity contribution >= 4 is 0 Å². The van der Waals surface area contributed by atoms with Gasteiger partial charge in [-0.25, -0.2) is 0 Å². The van der Waals surface area contributed by atoms with Crippen molar-refractivity contribution in [3.05, 3.63) is 35.9 Å². The highest BCUT2D eigenvalue weighted by Gasteiger charge is 2.38. The Hall–Kier alpha value is -1.30. The van der Waals surface area contributed by atoms with Gasteiger partial charge >= 0.3 is 0 Å². The lowest BCUT2D eigenvalue weighted by molar-refractivity contribution is 0.0367. The Bertz CT molecular complexity index is 493. The van der Waals surface area contributed by atoms with Gasteiger partial charge in [-0.15, -0.1) is 0 Å². The van der Waals surface area contributed by atoms with E-state index in [0.29, 0.717) is 12.6 Å². The van der Waals surface area contributed by atoms with E-state index in [-0.39, 0.29) is 5.92 Å². The molecule has 21 heavy (non-hydrogen) atoms. The van der Waals surface area contributed by atoms with Crippen LogP contribution in [-0.2, 0) is 5.60 Å². The zero-order valence-corrected chi connectivity index (χ0v) is 13.5. The maximum absolute atomic E-state index is 11.2. The molecule has 2 nitrogen and oxygen atoms in total. The molecule has 2 heteroatoms. The Balaban J connectivity index is 2.23. The van der Waals surface area contributed by atoms with Crippen LogP contribution in [0.25, 0.3) is 0 Å². The van der Waals surface area contributed by atoms with Crippen molar-refractivity contribution in [2.45, 2.75) is 51.2 Å². The highest BCUT2D eigenvalue weighted by molar-refractivity contribution is 5.33. The van der Waals surface area contributed by atoms with Crippen molar-refractivity contribution in [1.82, 2.24) is 4.90 Å². The van der Waals surface area contributed by atoms with Gasteiger partial charge in [0, 0.05) is 12.0 Å². The van der Waals surface area contributed by atoms with Gasteiger partial charge in [-0.1, -0.05) is 55.0 Å². The standard InChI is InChI=1S/C19H27NO/c1-16(2)20(3)15-9-14-19(21,18-12-7-8-13-18)17-10-5-4-6-11-17/h4-6,10-11,16,18,21H,7-8,12-13,15H2,1-3H3/t19-/m1/s1. The van der Waals surface area contributed by atoms with E-state index >= 15 is 0 Å². The van der Waals surface area contributed by atoms with Crippen LogP contribution in [0.5, 0.6) is 0 Å². The Morgan fingerprint density at radius 2 is 1.86 bits per heavy atom. The molecule has 1 aromatic carbocycles. The van der Waals surface area contributed by atoms with Gasteiger partial charge in [-0.2, -0.15) is 0 Å². The Morgan fingerprint density at radius 3 is 2.43 bits per heavy atom. The molecule has 0 aromatic heterocycles. The third kappa shape index (κ3) is 3.87. The fourth-order valence-electron chi connectivity index (χ4n) is 2.93. The van der Waals surface area contributed by atoms with Crippen molar-refractivity contribution < 1.29 is 5.11 Å². The van der Waals surface area contributed by atoms with Crippen molar-refractivity contribution in [3.63, 3.8) is 0 Å². The Morgan fingerprint density at radius 1 is 1.24 bits per heavy atom. The number of aliphatic hydroxyl groups is 1. The predicted octanol–water partition coefficient (Wildman–Crippen LogP) is 3.41. The molecule has 0 spiro atoms. The summed E-state index contributed by atoms with van der Waals surface area (Å²) >= 11 is 0. The average Bonchev–Trinajstić information content (AvgIpc) is 3.02. The van der Waals surface area contributed by atoms with Gasteiger partial charge in [0.15, 0.2) is 5.60 Å². The maximum atomic E-state index is 11.2. The van der Waals surface area contributed by atoms with Crippen LogP contribution in [0.15, 0.2) is 30.3 Å². The van der Waals surface area contributed by atoms with Crippen molar-refractivity contribution in [3.8, 4) is 11.8 Å². The lowest BCUT2D eigenvalue weighted by Gasteiger charge is -2.29. The number of rotatable bonds is 4. The van der Waals surface area contributed by atoms with E-state index in [4.69, 9.17) is 0 Å². The molecular formula is C19H27NO. The molecule has 0 heterocycles. The Labute approximate surface area is 129 Å². The van der Waals surface area contributed by atoms with Crippen LogP contribution in [0.4, 0.5) is 0 Å². The summed E-state index contributed by atoms with van der Waals surface area (Å²) in [5, 5.41) is 11.2. The van der Waals surface area contributed by atoms with Crippen LogP contribution in [-0.4, -0.2) is 29.6 Å². The molecule has 1 N–H and O–H groups in total. The van der Waals surface area contributed by atoms with Crippen LogP contribution >= 0.6 is 0 Å². The molecule has 2 rings (SSSR count). The largest absolute Gasteiger partial charge is 0.373 e. The van der Waals surface area contributed by atoms with Crippen molar-refractivity contribution in [2.24, 2.45) is 5.92 Å². The lowest BCUT2D eigenvalue weighted by atomic mass is 9.80. The molecule has 1 fully saturated rings. The molecule has 114 valence electrons.